The van der Waals surface area contributed by atoms with Gasteiger partial charge in [-0.3, -0.25) is 9.59 Å². The van der Waals surface area contributed by atoms with Crippen LogP contribution in [-0.2, 0) is 21.6 Å². The number of amides is 2. The third kappa shape index (κ3) is 5.78. The lowest BCUT2D eigenvalue weighted by Gasteiger charge is -2.28. The molecule has 1 aromatic carbocycles. The summed E-state index contributed by atoms with van der Waals surface area (Å²) in [4.78, 5) is 30.1. The lowest BCUT2D eigenvalue weighted by atomic mass is 9.99. The third-order valence-corrected chi connectivity index (χ3v) is 6.87. The number of carbonyl (C=O) groups excluding carboxylic acids is 2. The number of hydrogen-bond acceptors (Lipinski definition) is 6. The molecule has 1 aromatic heterocycles. The molecule has 2 N–H and O–H groups in total. The van der Waals surface area contributed by atoms with Gasteiger partial charge in [-0.15, -0.1) is 11.3 Å². The smallest absolute Gasteiger partial charge is 0.374 e. The summed E-state index contributed by atoms with van der Waals surface area (Å²) in [7, 11) is 0. The first kappa shape index (κ1) is 23.6. The second kappa shape index (κ2) is 9.58. The summed E-state index contributed by atoms with van der Waals surface area (Å²) in [5.74, 6) is 0.858. The fourth-order valence-electron chi connectivity index (χ4n) is 3.08. The Morgan fingerprint density at radius 3 is 2.39 bits per heavy atom. The van der Waals surface area contributed by atoms with Crippen LogP contribution in [-0.4, -0.2) is 57.6 Å². The normalized spacial score (nSPS) is 16.6. The molecule has 1 unspecified atom stereocenters. The first-order valence-corrected chi connectivity index (χ1v) is 11.6. The molecule has 0 bridgehead atoms. The van der Waals surface area contributed by atoms with Gasteiger partial charge in [-0.25, -0.2) is 4.98 Å². The quantitative estimate of drug-likeness (QED) is 0.673. The van der Waals surface area contributed by atoms with Crippen LogP contribution in [0.1, 0.15) is 22.7 Å². The van der Waals surface area contributed by atoms with Crippen LogP contribution in [0.2, 0.25) is 0 Å². The topological polar surface area (TPSA) is 82.5 Å². The molecular formula is C20H22F3N3O3S2. The predicted molar refractivity (Wildman–Crippen MR) is 114 cm³/mol. The van der Waals surface area contributed by atoms with E-state index in [4.69, 9.17) is 0 Å². The summed E-state index contributed by atoms with van der Waals surface area (Å²) < 4.78 is 40.6. The van der Waals surface area contributed by atoms with E-state index < -0.39 is 29.1 Å². The van der Waals surface area contributed by atoms with E-state index >= 15 is 0 Å². The number of anilines is 1. The van der Waals surface area contributed by atoms with Gasteiger partial charge in [0.1, 0.15) is 5.01 Å². The average Bonchev–Trinajstić information content (AvgIpc) is 3.16. The fraction of sp³-hybridized carbons (Fsp3) is 0.450. The standard InChI is InChI=1S/C20H22F3N3O3S2/c1-13-12-31-18(24-13)19(29,20(21,22)23)11-16(27)25-15-4-2-14(3-5-15)10-17(28)26-6-8-30-9-7-26/h2-5,12,29H,6-11H2,1H3,(H,25,27). The molecule has 0 aliphatic carbocycles. The van der Waals surface area contributed by atoms with Crippen LogP contribution in [0.5, 0.6) is 0 Å². The van der Waals surface area contributed by atoms with E-state index in [9.17, 15) is 27.9 Å². The molecule has 1 atom stereocenters. The van der Waals surface area contributed by atoms with Crippen molar-refractivity contribution in [3.05, 3.63) is 45.9 Å². The van der Waals surface area contributed by atoms with Crippen molar-refractivity contribution in [2.45, 2.75) is 31.5 Å². The molecule has 2 amide bonds. The highest BCUT2D eigenvalue weighted by molar-refractivity contribution is 7.99. The summed E-state index contributed by atoms with van der Waals surface area (Å²) in [6.07, 6.45) is -6.06. The van der Waals surface area contributed by atoms with E-state index in [2.05, 4.69) is 10.3 Å². The van der Waals surface area contributed by atoms with Crippen molar-refractivity contribution in [2.24, 2.45) is 0 Å². The minimum Gasteiger partial charge on any atom is -0.374 e. The molecular weight excluding hydrogens is 451 g/mol. The van der Waals surface area contributed by atoms with Gasteiger partial charge in [0.15, 0.2) is 0 Å². The Balaban J connectivity index is 1.62. The molecule has 1 aliphatic heterocycles. The van der Waals surface area contributed by atoms with Crippen LogP contribution in [0.3, 0.4) is 0 Å². The molecule has 6 nitrogen and oxygen atoms in total. The Morgan fingerprint density at radius 2 is 1.84 bits per heavy atom. The Bertz CT molecular complexity index is 928. The maximum absolute atomic E-state index is 13.5. The highest BCUT2D eigenvalue weighted by Gasteiger charge is 2.58. The fourth-order valence-corrected chi connectivity index (χ4v) is 4.90. The zero-order valence-corrected chi connectivity index (χ0v) is 18.4. The van der Waals surface area contributed by atoms with Crippen LogP contribution in [0.4, 0.5) is 18.9 Å². The summed E-state index contributed by atoms with van der Waals surface area (Å²) in [6, 6.07) is 6.33. The van der Waals surface area contributed by atoms with Crippen molar-refractivity contribution < 1.29 is 27.9 Å². The average molecular weight is 474 g/mol. The zero-order valence-electron chi connectivity index (χ0n) is 16.7. The number of aryl methyl sites for hydroxylation is 1. The molecule has 168 valence electrons. The molecule has 0 spiro atoms. The molecule has 31 heavy (non-hydrogen) atoms. The number of aromatic nitrogens is 1. The monoisotopic (exact) mass is 473 g/mol. The van der Waals surface area contributed by atoms with Gasteiger partial charge in [-0.05, 0) is 24.6 Å². The number of thioether (sulfide) groups is 1. The van der Waals surface area contributed by atoms with Crippen molar-refractivity contribution in [1.82, 2.24) is 9.88 Å². The van der Waals surface area contributed by atoms with Gasteiger partial charge in [-0.1, -0.05) is 12.1 Å². The second-order valence-electron chi connectivity index (χ2n) is 7.24. The van der Waals surface area contributed by atoms with Crippen molar-refractivity contribution in [3.8, 4) is 0 Å². The molecule has 1 aliphatic rings. The van der Waals surface area contributed by atoms with E-state index in [0.29, 0.717) is 17.0 Å². The van der Waals surface area contributed by atoms with Gasteiger partial charge in [0.2, 0.25) is 17.4 Å². The molecule has 2 heterocycles. The second-order valence-corrected chi connectivity index (χ2v) is 9.33. The Morgan fingerprint density at radius 1 is 1.19 bits per heavy atom. The molecule has 2 aromatic rings. The number of thiazole rings is 1. The van der Waals surface area contributed by atoms with E-state index in [0.717, 1.165) is 30.2 Å². The van der Waals surface area contributed by atoms with Gasteiger partial charge in [0, 0.05) is 41.4 Å². The van der Waals surface area contributed by atoms with Crippen LogP contribution in [0.15, 0.2) is 29.6 Å². The minimum atomic E-state index is -5.06. The Kier molecular flexibility index (Phi) is 7.28. The number of halogens is 3. The molecule has 1 fully saturated rings. The van der Waals surface area contributed by atoms with Crippen molar-refractivity contribution in [1.29, 1.82) is 0 Å². The number of nitrogens with zero attached hydrogens (tertiary/aromatic N) is 2. The number of carbonyl (C=O) groups is 2. The number of alkyl halides is 3. The molecule has 0 saturated carbocycles. The van der Waals surface area contributed by atoms with Crippen molar-refractivity contribution >= 4 is 40.6 Å². The molecule has 11 heteroatoms. The van der Waals surface area contributed by atoms with Gasteiger partial charge in [-0.2, -0.15) is 24.9 Å². The highest BCUT2D eigenvalue weighted by Crippen LogP contribution is 2.43. The van der Waals surface area contributed by atoms with E-state index in [-0.39, 0.29) is 18.0 Å². The van der Waals surface area contributed by atoms with Crippen LogP contribution >= 0.6 is 23.1 Å². The van der Waals surface area contributed by atoms with Crippen LogP contribution < -0.4 is 5.32 Å². The van der Waals surface area contributed by atoms with Crippen LogP contribution in [0, 0.1) is 6.92 Å². The summed E-state index contributed by atoms with van der Waals surface area (Å²) in [5, 5.41) is 13.4. The lowest BCUT2D eigenvalue weighted by Crippen LogP contribution is -2.45. The first-order chi connectivity index (χ1) is 14.6. The van der Waals surface area contributed by atoms with Gasteiger partial charge >= 0.3 is 6.18 Å². The molecule has 0 radical (unpaired) electrons. The Hall–Kier alpha value is -2.11. The summed E-state index contributed by atoms with van der Waals surface area (Å²) in [5.41, 5.74) is -2.02. The van der Waals surface area contributed by atoms with Crippen molar-refractivity contribution in [2.75, 3.05) is 29.9 Å². The molecule has 1 saturated heterocycles. The summed E-state index contributed by atoms with van der Waals surface area (Å²) in [6.45, 7) is 2.95. The summed E-state index contributed by atoms with van der Waals surface area (Å²) >= 11 is 2.46. The lowest BCUT2D eigenvalue weighted by molar-refractivity contribution is -0.266. The predicted octanol–water partition coefficient (Wildman–Crippen LogP) is 3.35. The van der Waals surface area contributed by atoms with Gasteiger partial charge in [0.05, 0.1) is 12.8 Å². The maximum Gasteiger partial charge on any atom is 0.424 e. The van der Waals surface area contributed by atoms with E-state index in [1.54, 1.807) is 12.1 Å². The first-order valence-electron chi connectivity index (χ1n) is 9.54. The number of nitrogens with one attached hydrogen (secondary N) is 1. The number of aliphatic hydroxyl groups is 1. The number of rotatable bonds is 6. The van der Waals surface area contributed by atoms with Gasteiger partial charge < -0.3 is 15.3 Å². The number of hydrogen-bond donors (Lipinski definition) is 2. The van der Waals surface area contributed by atoms with Gasteiger partial charge in [0.25, 0.3) is 0 Å². The van der Waals surface area contributed by atoms with E-state index in [1.807, 2.05) is 16.7 Å². The maximum atomic E-state index is 13.5. The number of benzene rings is 1. The SMILES string of the molecule is Cc1csc(C(O)(CC(=O)Nc2ccc(CC(=O)N3CCSCC3)cc2)C(F)(F)F)n1. The Labute approximate surface area is 185 Å². The largest absolute Gasteiger partial charge is 0.424 e. The highest BCUT2D eigenvalue weighted by atomic mass is 32.2. The third-order valence-electron chi connectivity index (χ3n) is 4.81. The molecule has 3 rings (SSSR count). The van der Waals surface area contributed by atoms with Crippen LogP contribution in [0.25, 0.3) is 0 Å². The van der Waals surface area contributed by atoms with E-state index in [1.165, 1.54) is 24.4 Å². The van der Waals surface area contributed by atoms with Crippen molar-refractivity contribution in [3.63, 3.8) is 0 Å². The minimum absolute atomic E-state index is 0.0195. The zero-order chi connectivity index (χ0) is 22.6.